The summed E-state index contributed by atoms with van der Waals surface area (Å²) < 4.78 is 1.12. The smallest absolute Gasteiger partial charge is 0.0307 e. The molecule has 2 aliphatic carbocycles. The van der Waals surface area contributed by atoms with Crippen LogP contribution in [-0.2, 0) is 0 Å². The van der Waals surface area contributed by atoms with Gasteiger partial charge in [0.15, 0.2) is 0 Å². The summed E-state index contributed by atoms with van der Waals surface area (Å²) in [5, 5.41) is 0. The van der Waals surface area contributed by atoms with E-state index in [2.05, 4.69) is 45.1 Å². The van der Waals surface area contributed by atoms with E-state index in [4.69, 9.17) is 5.73 Å². The molecule has 1 unspecified atom stereocenters. The average Bonchev–Trinajstić information content (AvgIpc) is 3.32. The molecule has 110 valence electrons. The van der Waals surface area contributed by atoms with Crippen LogP contribution in [0.4, 0.5) is 0 Å². The Balaban J connectivity index is 1.48. The van der Waals surface area contributed by atoms with Gasteiger partial charge in [-0.3, -0.25) is 0 Å². The van der Waals surface area contributed by atoms with E-state index in [1.807, 2.05) is 0 Å². The summed E-state index contributed by atoms with van der Waals surface area (Å²) in [6.45, 7) is 3.78. The second-order valence-electron chi connectivity index (χ2n) is 6.59. The summed E-state index contributed by atoms with van der Waals surface area (Å²) in [5.74, 6) is 1.97. The van der Waals surface area contributed by atoms with E-state index in [0.717, 1.165) is 29.3 Å². The van der Waals surface area contributed by atoms with Crippen molar-refractivity contribution in [3.63, 3.8) is 0 Å². The third-order valence-electron chi connectivity index (χ3n) is 4.48. The molecule has 3 rings (SSSR count). The van der Waals surface area contributed by atoms with Gasteiger partial charge in [0.05, 0.1) is 0 Å². The minimum absolute atomic E-state index is 0.170. The molecule has 0 radical (unpaired) electrons. The normalized spacial score (nSPS) is 20.4. The molecule has 1 aromatic rings. The Labute approximate surface area is 130 Å². The monoisotopic (exact) mass is 336 g/mol. The second-order valence-corrected chi connectivity index (χ2v) is 7.51. The van der Waals surface area contributed by atoms with Crippen molar-refractivity contribution in [3.8, 4) is 0 Å². The maximum atomic E-state index is 6.34. The van der Waals surface area contributed by atoms with Crippen LogP contribution in [-0.4, -0.2) is 24.5 Å². The Kier molecular flexibility index (Phi) is 4.79. The van der Waals surface area contributed by atoms with Gasteiger partial charge in [-0.1, -0.05) is 28.1 Å². The maximum Gasteiger partial charge on any atom is 0.0307 e. The SMILES string of the molecule is NC(CCN(CC1CC1)CC1CC1)c1ccc(Br)cc1. The van der Waals surface area contributed by atoms with Crippen molar-refractivity contribution in [2.45, 2.75) is 38.1 Å². The number of hydrogen-bond donors (Lipinski definition) is 1. The zero-order valence-electron chi connectivity index (χ0n) is 12.1. The minimum atomic E-state index is 0.170. The van der Waals surface area contributed by atoms with Gasteiger partial charge in [0.1, 0.15) is 0 Å². The van der Waals surface area contributed by atoms with Gasteiger partial charge < -0.3 is 10.6 Å². The van der Waals surface area contributed by atoms with Crippen molar-refractivity contribution in [1.29, 1.82) is 0 Å². The molecule has 2 aliphatic rings. The summed E-state index contributed by atoms with van der Waals surface area (Å²) in [6, 6.07) is 8.62. The Bertz CT molecular complexity index is 409. The molecule has 20 heavy (non-hydrogen) atoms. The zero-order chi connectivity index (χ0) is 13.9. The van der Waals surface area contributed by atoms with Gasteiger partial charge in [0.2, 0.25) is 0 Å². The van der Waals surface area contributed by atoms with Crippen LogP contribution in [0.25, 0.3) is 0 Å². The molecule has 3 heteroatoms. The van der Waals surface area contributed by atoms with Crippen LogP contribution in [0.3, 0.4) is 0 Å². The lowest BCUT2D eigenvalue weighted by Crippen LogP contribution is -2.31. The number of rotatable bonds is 8. The Morgan fingerprint density at radius 1 is 1.05 bits per heavy atom. The first-order chi connectivity index (χ1) is 9.70. The fourth-order valence-electron chi connectivity index (χ4n) is 2.79. The summed E-state index contributed by atoms with van der Waals surface area (Å²) in [5.41, 5.74) is 7.60. The molecule has 0 aliphatic heterocycles. The van der Waals surface area contributed by atoms with E-state index >= 15 is 0 Å². The van der Waals surface area contributed by atoms with Gasteiger partial charge in [-0.2, -0.15) is 0 Å². The topological polar surface area (TPSA) is 29.3 Å². The van der Waals surface area contributed by atoms with Crippen molar-refractivity contribution in [1.82, 2.24) is 4.90 Å². The predicted molar refractivity (Wildman–Crippen MR) is 87.6 cm³/mol. The lowest BCUT2D eigenvalue weighted by atomic mass is 10.0. The lowest BCUT2D eigenvalue weighted by molar-refractivity contribution is 0.243. The van der Waals surface area contributed by atoms with Crippen LogP contribution in [0, 0.1) is 11.8 Å². The van der Waals surface area contributed by atoms with E-state index in [-0.39, 0.29) is 6.04 Å². The minimum Gasteiger partial charge on any atom is -0.324 e. The van der Waals surface area contributed by atoms with E-state index in [0.29, 0.717) is 0 Å². The molecule has 1 aromatic carbocycles. The zero-order valence-corrected chi connectivity index (χ0v) is 13.7. The van der Waals surface area contributed by atoms with E-state index < -0.39 is 0 Å². The molecule has 2 fully saturated rings. The first kappa shape index (κ1) is 14.6. The third-order valence-corrected chi connectivity index (χ3v) is 5.01. The Morgan fingerprint density at radius 2 is 1.60 bits per heavy atom. The van der Waals surface area contributed by atoms with Crippen LogP contribution < -0.4 is 5.73 Å². The van der Waals surface area contributed by atoms with Crippen LogP contribution in [0.1, 0.15) is 43.7 Å². The van der Waals surface area contributed by atoms with E-state index in [1.165, 1.54) is 44.3 Å². The molecule has 2 N–H and O–H groups in total. The second kappa shape index (κ2) is 6.59. The molecule has 1 atom stereocenters. The standard InChI is InChI=1S/C17H25BrN2/c18-16-7-5-15(6-8-16)17(19)9-10-20(11-13-1-2-13)12-14-3-4-14/h5-8,13-14,17H,1-4,9-12,19H2. The van der Waals surface area contributed by atoms with E-state index in [1.54, 1.807) is 0 Å². The molecule has 0 aromatic heterocycles. The lowest BCUT2D eigenvalue weighted by Gasteiger charge is -2.24. The largest absolute Gasteiger partial charge is 0.324 e. The fraction of sp³-hybridized carbons (Fsp3) is 0.647. The molecule has 0 bridgehead atoms. The molecule has 0 spiro atoms. The number of nitrogens with zero attached hydrogens (tertiary/aromatic N) is 1. The first-order valence-electron chi connectivity index (χ1n) is 7.94. The molecule has 0 amide bonds. The molecule has 0 saturated heterocycles. The van der Waals surface area contributed by atoms with Crippen molar-refractivity contribution in [2.24, 2.45) is 17.6 Å². The van der Waals surface area contributed by atoms with Gasteiger partial charge >= 0.3 is 0 Å². The Hall–Kier alpha value is -0.380. The highest BCUT2D eigenvalue weighted by molar-refractivity contribution is 9.10. The van der Waals surface area contributed by atoms with Crippen molar-refractivity contribution >= 4 is 15.9 Å². The summed E-state index contributed by atoms with van der Waals surface area (Å²) in [6.07, 6.45) is 6.85. The molecule has 2 saturated carbocycles. The van der Waals surface area contributed by atoms with Crippen molar-refractivity contribution in [2.75, 3.05) is 19.6 Å². The first-order valence-corrected chi connectivity index (χ1v) is 8.73. The number of benzene rings is 1. The fourth-order valence-corrected chi connectivity index (χ4v) is 3.05. The average molecular weight is 337 g/mol. The molecular formula is C17H25BrN2. The third kappa shape index (κ3) is 4.57. The number of nitrogens with two attached hydrogens (primary N) is 1. The van der Waals surface area contributed by atoms with Gasteiger partial charge in [-0.15, -0.1) is 0 Å². The van der Waals surface area contributed by atoms with Crippen LogP contribution in [0.5, 0.6) is 0 Å². The Morgan fingerprint density at radius 3 is 2.10 bits per heavy atom. The van der Waals surface area contributed by atoms with Gasteiger partial charge in [0.25, 0.3) is 0 Å². The molecule has 0 heterocycles. The summed E-state index contributed by atoms with van der Waals surface area (Å²) in [7, 11) is 0. The van der Waals surface area contributed by atoms with Gasteiger partial charge in [0, 0.05) is 23.6 Å². The number of hydrogen-bond acceptors (Lipinski definition) is 2. The van der Waals surface area contributed by atoms with Crippen molar-refractivity contribution < 1.29 is 0 Å². The van der Waals surface area contributed by atoms with E-state index in [9.17, 15) is 0 Å². The highest BCUT2D eigenvalue weighted by atomic mass is 79.9. The summed E-state index contributed by atoms with van der Waals surface area (Å²) in [4.78, 5) is 2.67. The van der Waals surface area contributed by atoms with Crippen LogP contribution in [0.15, 0.2) is 28.7 Å². The molecule has 2 nitrogen and oxygen atoms in total. The number of halogens is 1. The highest BCUT2D eigenvalue weighted by Crippen LogP contribution is 2.34. The van der Waals surface area contributed by atoms with Crippen LogP contribution >= 0.6 is 15.9 Å². The predicted octanol–water partition coefficient (Wildman–Crippen LogP) is 3.96. The molecular weight excluding hydrogens is 312 g/mol. The highest BCUT2D eigenvalue weighted by Gasteiger charge is 2.29. The summed E-state index contributed by atoms with van der Waals surface area (Å²) >= 11 is 3.48. The van der Waals surface area contributed by atoms with Gasteiger partial charge in [-0.25, -0.2) is 0 Å². The van der Waals surface area contributed by atoms with Crippen LogP contribution in [0.2, 0.25) is 0 Å². The van der Waals surface area contributed by atoms with Gasteiger partial charge in [-0.05, 0) is 68.2 Å². The van der Waals surface area contributed by atoms with Crippen molar-refractivity contribution in [3.05, 3.63) is 34.3 Å². The quantitative estimate of drug-likeness (QED) is 0.778. The maximum absolute atomic E-state index is 6.34.